The minimum atomic E-state index is -4.47. The largest absolute Gasteiger partial charge is 0.416 e. The lowest BCUT2D eigenvalue weighted by Crippen LogP contribution is -2.20. The predicted octanol–water partition coefficient (Wildman–Crippen LogP) is 4.41. The molecule has 6 heteroatoms. The molecule has 1 aromatic heterocycles. The molecule has 1 heterocycles. The van der Waals surface area contributed by atoms with Crippen LogP contribution in [-0.4, -0.2) is 7.05 Å². The molecule has 20 heavy (non-hydrogen) atoms. The SMILES string of the molecule is CNC(Cc1cccs1)c1cc(C(F)(F)F)ccc1F. The van der Waals surface area contributed by atoms with Crippen LogP contribution in [0.4, 0.5) is 17.6 Å². The molecule has 0 spiro atoms. The number of hydrogen-bond donors (Lipinski definition) is 1. The van der Waals surface area contributed by atoms with Gasteiger partial charge >= 0.3 is 6.18 Å². The number of halogens is 4. The van der Waals surface area contributed by atoms with E-state index in [-0.39, 0.29) is 5.56 Å². The smallest absolute Gasteiger partial charge is 0.313 e. The van der Waals surface area contributed by atoms with Crippen LogP contribution < -0.4 is 5.32 Å². The molecule has 0 fully saturated rings. The summed E-state index contributed by atoms with van der Waals surface area (Å²) in [6.45, 7) is 0. The summed E-state index contributed by atoms with van der Waals surface area (Å²) in [5.74, 6) is -0.631. The van der Waals surface area contributed by atoms with Crippen LogP contribution in [0.2, 0.25) is 0 Å². The minimum Gasteiger partial charge on any atom is -0.313 e. The van der Waals surface area contributed by atoms with Crippen molar-refractivity contribution in [1.29, 1.82) is 0 Å². The van der Waals surface area contributed by atoms with Crippen LogP contribution in [0.1, 0.15) is 22.0 Å². The number of benzene rings is 1. The normalized spacial score (nSPS) is 13.4. The van der Waals surface area contributed by atoms with E-state index in [4.69, 9.17) is 0 Å². The Kier molecular flexibility index (Phi) is 4.45. The maximum atomic E-state index is 13.8. The van der Waals surface area contributed by atoms with Crippen molar-refractivity contribution < 1.29 is 17.6 Å². The number of rotatable bonds is 4. The number of hydrogen-bond acceptors (Lipinski definition) is 2. The first-order valence-electron chi connectivity index (χ1n) is 5.98. The molecule has 0 bridgehead atoms. The molecule has 2 aromatic rings. The summed E-state index contributed by atoms with van der Waals surface area (Å²) in [6, 6.07) is 5.75. The maximum absolute atomic E-state index is 13.8. The van der Waals surface area contributed by atoms with Gasteiger partial charge in [0.15, 0.2) is 0 Å². The van der Waals surface area contributed by atoms with Crippen molar-refractivity contribution >= 4 is 11.3 Å². The Morgan fingerprint density at radius 1 is 1.25 bits per heavy atom. The van der Waals surface area contributed by atoms with Crippen molar-refractivity contribution in [1.82, 2.24) is 5.32 Å². The molecule has 1 aromatic carbocycles. The highest BCUT2D eigenvalue weighted by Gasteiger charge is 2.32. The van der Waals surface area contributed by atoms with Crippen molar-refractivity contribution in [3.8, 4) is 0 Å². The van der Waals surface area contributed by atoms with Crippen LogP contribution in [0, 0.1) is 5.82 Å². The average molecular weight is 303 g/mol. The van der Waals surface area contributed by atoms with Gasteiger partial charge in [-0.2, -0.15) is 13.2 Å². The van der Waals surface area contributed by atoms with Crippen LogP contribution in [-0.2, 0) is 12.6 Å². The predicted molar refractivity (Wildman–Crippen MR) is 71.2 cm³/mol. The Hall–Kier alpha value is -1.40. The first kappa shape index (κ1) is 15.0. The van der Waals surface area contributed by atoms with E-state index >= 15 is 0 Å². The lowest BCUT2D eigenvalue weighted by atomic mass is 10.00. The van der Waals surface area contributed by atoms with E-state index < -0.39 is 23.6 Å². The lowest BCUT2D eigenvalue weighted by Gasteiger charge is -2.18. The van der Waals surface area contributed by atoms with Gasteiger partial charge in [-0.05, 0) is 36.7 Å². The molecule has 0 aliphatic carbocycles. The van der Waals surface area contributed by atoms with E-state index in [9.17, 15) is 17.6 Å². The summed E-state index contributed by atoms with van der Waals surface area (Å²) in [5, 5.41) is 4.75. The first-order valence-corrected chi connectivity index (χ1v) is 6.86. The van der Waals surface area contributed by atoms with Crippen LogP contribution in [0.3, 0.4) is 0 Å². The number of nitrogens with one attached hydrogen (secondary N) is 1. The molecule has 0 saturated heterocycles. The quantitative estimate of drug-likeness (QED) is 0.825. The van der Waals surface area contributed by atoms with E-state index in [1.54, 1.807) is 7.05 Å². The molecule has 1 nitrogen and oxygen atoms in total. The van der Waals surface area contributed by atoms with Gasteiger partial charge in [-0.25, -0.2) is 4.39 Å². The third kappa shape index (κ3) is 3.37. The number of alkyl halides is 3. The third-order valence-electron chi connectivity index (χ3n) is 3.03. The number of thiophene rings is 1. The summed E-state index contributed by atoms with van der Waals surface area (Å²) < 4.78 is 51.9. The summed E-state index contributed by atoms with van der Waals surface area (Å²) in [5.41, 5.74) is -0.795. The highest BCUT2D eigenvalue weighted by molar-refractivity contribution is 7.09. The van der Waals surface area contributed by atoms with E-state index in [0.717, 1.165) is 23.1 Å². The fourth-order valence-electron chi connectivity index (χ4n) is 1.98. The topological polar surface area (TPSA) is 12.0 Å². The lowest BCUT2D eigenvalue weighted by molar-refractivity contribution is -0.137. The molecular weight excluding hydrogens is 290 g/mol. The third-order valence-corrected chi connectivity index (χ3v) is 3.93. The molecule has 108 valence electrons. The van der Waals surface area contributed by atoms with Crippen molar-refractivity contribution in [2.24, 2.45) is 0 Å². The fraction of sp³-hybridized carbons (Fsp3) is 0.286. The Labute approximate surface area is 118 Å². The van der Waals surface area contributed by atoms with Gasteiger partial charge in [0.25, 0.3) is 0 Å². The Morgan fingerprint density at radius 2 is 2.00 bits per heavy atom. The van der Waals surface area contributed by atoms with Gasteiger partial charge < -0.3 is 5.32 Å². The van der Waals surface area contributed by atoms with Crippen molar-refractivity contribution in [2.45, 2.75) is 18.6 Å². The second-order valence-corrected chi connectivity index (χ2v) is 5.39. The van der Waals surface area contributed by atoms with Gasteiger partial charge in [0.2, 0.25) is 0 Å². The zero-order chi connectivity index (χ0) is 14.8. The molecule has 0 saturated carbocycles. The van der Waals surface area contributed by atoms with Gasteiger partial charge in [0, 0.05) is 22.9 Å². The Bertz CT molecular complexity index is 563. The average Bonchev–Trinajstić information content (AvgIpc) is 2.88. The molecule has 0 aliphatic rings. The standard InChI is InChI=1S/C14H13F4NS/c1-19-13(8-10-3-2-6-20-10)11-7-9(14(16,17)18)4-5-12(11)15/h2-7,13,19H,8H2,1H3. The Morgan fingerprint density at radius 3 is 2.55 bits per heavy atom. The molecule has 2 rings (SSSR count). The van der Waals surface area contributed by atoms with Crippen molar-refractivity contribution in [3.63, 3.8) is 0 Å². The number of likely N-dealkylation sites (N-methyl/N-ethyl adjacent to an activating group) is 1. The highest BCUT2D eigenvalue weighted by atomic mass is 32.1. The highest BCUT2D eigenvalue weighted by Crippen LogP contribution is 2.32. The summed E-state index contributed by atoms with van der Waals surface area (Å²) in [6.07, 6.45) is -4.02. The summed E-state index contributed by atoms with van der Waals surface area (Å²) in [4.78, 5) is 0.987. The second kappa shape index (κ2) is 5.93. The van der Waals surface area contributed by atoms with Gasteiger partial charge in [0.1, 0.15) is 5.82 Å². The fourth-order valence-corrected chi connectivity index (χ4v) is 2.74. The monoisotopic (exact) mass is 303 g/mol. The van der Waals surface area contributed by atoms with E-state index in [2.05, 4.69) is 5.32 Å². The van der Waals surface area contributed by atoms with Crippen molar-refractivity contribution in [3.05, 3.63) is 57.5 Å². The van der Waals surface area contributed by atoms with Crippen LogP contribution in [0.5, 0.6) is 0 Å². The zero-order valence-corrected chi connectivity index (χ0v) is 11.5. The second-order valence-electron chi connectivity index (χ2n) is 4.36. The van der Waals surface area contributed by atoms with Crippen LogP contribution in [0.25, 0.3) is 0 Å². The van der Waals surface area contributed by atoms with E-state index in [1.165, 1.54) is 11.3 Å². The van der Waals surface area contributed by atoms with E-state index in [1.807, 2.05) is 17.5 Å². The van der Waals surface area contributed by atoms with Gasteiger partial charge in [-0.3, -0.25) is 0 Å². The van der Waals surface area contributed by atoms with Crippen molar-refractivity contribution in [2.75, 3.05) is 7.05 Å². The zero-order valence-electron chi connectivity index (χ0n) is 10.7. The summed E-state index contributed by atoms with van der Waals surface area (Å²) in [7, 11) is 1.61. The molecule has 0 amide bonds. The first-order chi connectivity index (χ1) is 9.41. The minimum absolute atomic E-state index is 0.0377. The Balaban J connectivity index is 2.33. The molecule has 1 atom stereocenters. The molecule has 1 N–H and O–H groups in total. The van der Waals surface area contributed by atoms with Crippen LogP contribution in [0.15, 0.2) is 35.7 Å². The van der Waals surface area contributed by atoms with E-state index in [0.29, 0.717) is 6.42 Å². The van der Waals surface area contributed by atoms with Gasteiger partial charge in [0.05, 0.1) is 5.56 Å². The molecule has 0 radical (unpaired) electrons. The summed E-state index contributed by atoms with van der Waals surface area (Å²) >= 11 is 1.49. The van der Waals surface area contributed by atoms with Gasteiger partial charge in [-0.1, -0.05) is 6.07 Å². The molecule has 0 aliphatic heterocycles. The maximum Gasteiger partial charge on any atom is 0.416 e. The van der Waals surface area contributed by atoms with Gasteiger partial charge in [-0.15, -0.1) is 11.3 Å². The molecule has 1 unspecified atom stereocenters. The van der Waals surface area contributed by atoms with Crippen LogP contribution >= 0.6 is 11.3 Å². The molecular formula is C14H13F4NS.